The summed E-state index contributed by atoms with van der Waals surface area (Å²) in [5, 5.41) is 11.4. The van der Waals surface area contributed by atoms with Crippen LogP contribution in [-0.2, 0) is 11.3 Å². The number of nitrogens with zero attached hydrogens (tertiary/aromatic N) is 3. The summed E-state index contributed by atoms with van der Waals surface area (Å²) in [5.41, 5.74) is 3.18. The van der Waals surface area contributed by atoms with Crippen molar-refractivity contribution < 1.29 is 9.53 Å². The minimum Gasteiger partial charge on any atom is -0.378 e. The highest BCUT2D eigenvalue weighted by molar-refractivity contribution is 6.33. The first-order valence-electron chi connectivity index (χ1n) is 7.66. The van der Waals surface area contributed by atoms with Gasteiger partial charge in [0.2, 0.25) is 0 Å². The lowest BCUT2D eigenvalue weighted by atomic mass is 10.2. The summed E-state index contributed by atoms with van der Waals surface area (Å²) >= 11 is 6.09. The summed E-state index contributed by atoms with van der Waals surface area (Å²) in [6.45, 7) is 2.19. The molecular formula is C18H17ClN4O2. The number of benzene rings is 2. The number of hydrogen-bond acceptors (Lipinski definition) is 4. The van der Waals surface area contributed by atoms with Crippen LogP contribution in [0.2, 0.25) is 5.02 Å². The highest BCUT2D eigenvalue weighted by Gasteiger charge is 2.21. The van der Waals surface area contributed by atoms with Crippen LogP contribution in [0.4, 0.5) is 5.69 Å². The standard InChI is InChI=1S/C18H17ClN4O2/c1-12-6-5-7-13(10-12)23-16(11-25-2)17(21-22-23)18(24)20-15-9-4-3-8-14(15)19/h3-10H,11H2,1-2H3,(H,20,24). The van der Waals surface area contributed by atoms with Gasteiger partial charge in [0.05, 0.1) is 23.0 Å². The van der Waals surface area contributed by atoms with Crippen LogP contribution >= 0.6 is 11.6 Å². The van der Waals surface area contributed by atoms with Crippen molar-refractivity contribution in [3.05, 3.63) is 70.5 Å². The van der Waals surface area contributed by atoms with Crippen LogP contribution in [0.25, 0.3) is 5.69 Å². The summed E-state index contributed by atoms with van der Waals surface area (Å²) in [4.78, 5) is 12.6. The first-order valence-corrected chi connectivity index (χ1v) is 8.04. The maximum Gasteiger partial charge on any atom is 0.278 e. The Morgan fingerprint density at radius 2 is 2.04 bits per heavy atom. The maximum atomic E-state index is 12.6. The lowest BCUT2D eigenvalue weighted by Crippen LogP contribution is -2.16. The molecule has 3 rings (SSSR count). The topological polar surface area (TPSA) is 69.0 Å². The predicted molar refractivity (Wildman–Crippen MR) is 96.2 cm³/mol. The normalized spacial score (nSPS) is 10.7. The average molecular weight is 357 g/mol. The second kappa shape index (κ2) is 7.46. The third-order valence-electron chi connectivity index (χ3n) is 3.63. The number of nitrogens with one attached hydrogen (secondary N) is 1. The van der Waals surface area contributed by atoms with Gasteiger partial charge in [0.25, 0.3) is 5.91 Å². The fourth-order valence-electron chi connectivity index (χ4n) is 2.46. The van der Waals surface area contributed by atoms with E-state index in [4.69, 9.17) is 16.3 Å². The van der Waals surface area contributed by atoms with E-state index in [1.54, 1.807) is 36.1 Å². The zero-order valence-corrected chi connectivity index (χ0v) is 14.6. The van der Waals surface area contributed by atoms with Crippen molar-refractivity contribution in [2.75, 3.05) is 12.4 Å². The van der Waals surface area contributed by atoms with Crippen molar-refractivity contribution in [1.29, 1.82) is 0 Å². The van der Waals surface area contributed by atoms with Gasteiger partial charge in [-0.3, -0.25) is 4.79 Å². The zero-order valence-electron chi connectivity index (χ0n) is 13.9. The van der Waals surface area contributed by atoms with Gasteiger partial charge in [0.1, 0.15) is 5.69 Å². The molecular weight excluding hydrogens is 340 g/mol. The van der Waals surface area contributed by atoms with E-state index in [-0.39, 0.29) is 18.2 Å². The van der Waals surface area contributed by atoms with E-state index < -0.39 is 0 Å². The number of aryl methyl sites for hydroxylation is 1. The Morgan fingerprint density at radius 1 is 1.24 bits per heavy atom. The molecule has 0 radical (unpaired) electrons. The van der Waals surface area contributed by atoms with Crippen molar-refractivity contribution in [3.8, 4) is 5.69 Å². The van der Waals surface area contributed by atoms with E-state index in [0.29, 0.717) is 16.4 Å². The third kappa shape index (κ3) is 3.70. The molecule has 25 heavy (non-hydrogen) atoms. The Hall–Kier alpha value is -2.70. The lowest BCUT2D eigenvalue weighted by Gasteiger charge is -2.09. The minimum atomic E-state index is -0.390. The van der Waals surface area contributed by atoms with Gasteiger partial charge in [-0.1, -0.05) is 41.1 Å². The van der Waals surface area contributed by atoms with Gasteiger partial charge in [0, 0.05) is 7.11 Å². The monoisotopic (exact) mass is 356 g/mol. The zero-order chi connectivity index (χ0) is 17.8. The third-order valence-corrected chi connectivity index (χ3v) is 3.96. The first kappa shape index (κ1) is 17.1. The number of aromatic nitrogens is 3. The van der Waals surface area contributed by atoms with Gasteiger partial charge in [-0.2, -0.15) is 0 Å². The molecule has 1 heterocycles. The maximum absolute atomic E-state index is 12.6. The van der Waals surface area contributed by atoms with E-state index in [1.807, 2.05) is 31.2 Å². The molecule has 2 aromatic carbocycles. The summed E-state index contributed by atoms with van der Waals surface area (Å²) < 4.78 is 6.85. The fourth-order valence-corrected chi connectivity index (χ4v) is 2.64. The van der Waals surface area contributed by atoms with Crippen LogP contribution in [0.3, 0.4) is 0 Å². The summed E-state index contributed by atoms with van der Waals surface area (Å²) in [7, 11) is 1.56. The molecule has 0 bridgehead atoms. The second-order valence-electron chi connectivity index (χ2n) is 5.50. The van der Waals surface area contributed by atoms with E-state index in [2.05, 4.69) is 15.6 Å². The molecule has 0 unspecified atom stereocenters. The molecule has 1 N–H and O–H groups in total. The summed E-state index contributed by atoms with van der Waals surface area (Å²) in [5.74, 6) is -0.390. The molecule has 0 aliphatic rings. The molecule has 0 saturated carbocycles. The van der Waals surface area contributed by atoms with Crippen LogP contribution in [0.1, 0.15) is 21.7 Å². The van der Waals surface area contributed by atoms with E-state index in [1.165, 1.54) is 0 Å². The molecule has 0 saturated heterocycles. The number of amides is 1. The van der Waals surface area contributed by atoms with Crippen molar-refractivity contribution >= 4 is 23.2 Å². The van der Waals surface area contributed by atoms with E-state index in [9.17, 15) is 4.79 Å². The van der Waals surface area contributed by atoms with Crippen LogP contribution in [-0.4, -0.2) is 28.0 Å². The van der Waals surface area contributed by atoms with Gasteiger partial charge in [-0.05, 0) is 36.8 Å². The highest BCUT2D eigenvalue weighted by atomic mass is 35.5. The Labute approximate surface area is 150 Å². The van der Waals surface area contributed by atoms with Gasteiger partial charge < -0.3 is 10.1 Å². The quantitative estimate of drug-likeness (QED) is 0.758. The molecule has 0 spiro atoms. The Balaban J connectivity index is 1.96. The van der Waals surface area contributed by atoms with E-state index >= 15 is 0 Å². The number of ether oxygens (including phenoxy) is 1. The number of hydrogen-bond donors (Lipinski definition) is 1. The van der Waals surface area contributed by atoms with Crippen LogP contribution in [0.5, 0.6) is 0 Å². The van der Waals surface area contributed by atoms with Crippen molar-refractivity contribution in [2.45, 2.75) is 13.5 Å². The lowest BCUT2D eigenvalue weighted by molar-refractivity contribution is 0.101. The number of carbonyl (C=O) groups excluding carboxylic acids is 1. The molecule has 3 aromatic rings. The molecule has 0 fully saturated rings. The van der Waals surface area contributed by atoms with Crippen molar-refractivity contribution in [2.24, 2.45) is 0 Å². The number of rotatable bonds is 5. The van der Waals surface area contributed by atoms with Gasteiger partial charge >= 0.3 is 0 Å². The molecule has 0 aliphatic carbocycles. The summed E-state index contributed by atoms with van der Waals surface area (Å²) in [6.07, 6.45) is 0. The molecule has 7 heteroatoms. The largest absolute Gasteiger partial charge is 0.378 e. The van der Waals surface area contributed by atoms with Crippen molar-refractivity contribution in [3.63, 3.8) is 0 Å². The Morgan fingerprint density at radius 3 is 2.76 bits per heavy atom. The smallest absolute Gasteiger partial charge is 0.278 e. The predicted octanol–water partition coefficient (Wildman–Crippen LogP) is 3.63. The number of para-hydroxylation sites is 1. The molecule has 0 atom stereocenters. The minimum absolute atomic E-state index is 0.197. The van der Waals surface area contributed by atoms with Gasteiger partial charge in [-0.15, -0.1) is 5.10 Å². The first-order chi connectivity index (χ1) is 12.1. The SMILES string of the molecule is COCc1c(C(=O)Nc2ccccc2Cl)nnn1-c1cccc(C)c1. The molecule has 128 valence electrons. The van der Waals surface area contributed by atoms with E-state index in [0.717, 1.165) is 11.3 Å². The highest BCUT2D eigenvalue weighted by Crippen LogP contribution is 2.22. The number of carbonyl (C=O) groups is 1. The Kier molecular flexibility index (Phi) is 5.11. The molecule has 1 aromatic heterocycles. The Bertz CT molecular complexity index is 908. The number of halogens is 1. The summed E-state index contributed by atoms with van der Waals surface area (Å²) in [6, 6.07) is 14.8. The molecule has 0 aliphatic heterocycles. The average Bonchev–Trinajstić information content (AvgIpc) is 3.01. The van der Waals surface area contributed by atoms with Crippen LogP contribution in [0.15, 0.2) is 48.5 Å². The van der Waals surface area contributed by atoms with Crippen LogP contribution < -0.4 is 5.32 Å². The number of methoxy groups -OCH3 is 1. The van der Waals surface area contributed by atoms with Gasteiger partial charge in [-0.25, -0.2) is 4.68 Å². The number of anilines is 1. The van der Waals surface area contributed by atoms with Gasteiger partial charge in [0.15, 0.2) is 5.69 Å². The van der Waals surface area contributed by atoms with Crippen LogP contribution in [0, 0.1) is 6.92 Å². The molecule has 1 amide bonds. The molecule has 6 nitrogen and oxygen atoms in total. The second-order valence-corrected chi connectivity index (χ2v) is 5.91. The van der Waals surface area contributed by atoms with Crippen molar-refractivity contribution in [1.82, 2.24) is 15.0 Å². The fraction of sp³-hybridized carbons (Fsp3) is 0.167.